The van der Waals surface area contributed by atoms with E-state index in [9.17, 15) is 0 Å². The molecule has 7 heteroatoms. The lowest BCUT2D eigenvalue weighted by atomic mass is 10.2. The molecule has 2 saturated heterocycles. The Morgan fingerprint density at radius 1 is 1.08 bits per heavy atom. The molecule has 0 bridgehead atoms. The number of rotatable bonds is 4. The third-order valence-corrected chi connectivity index (χ3v) is 4.91. The van der Waals surface area contributed by atoms with E-state index in [0.29, 0.717) is 12.0 Å². The van der Waals surface area contributed by atoms with E-state index in [0.717, 1.165) is 59.0 Å². The maximum atomic E-state index is 6.12. The monoisotopic (exact) mass is 459 g/mol. The number of para-hydroxylation sites is 1. The molecular weight excluding hydrogens is 429 g/mol. The van der Waals surface area contributed by atoms with Crippen LogP contribution in [-0.2, 0) is 4.74 Å². The van der Waals surface area contributed by atoms with Crippen LogP contribution in [0, 0.1) is 0 Å². The standard InChI is InChI=1S/C18H29N5O.HI/c1-16(15-20-18(19)23-11-13-24-14-12-23)21-7-9-22(10-8-21)17-5-3-2-4-6-17;/h2-6,16H,7-15H2,1H3,(H2,19,20);1H. The Morgan fingerprint density at radius 3 is 2.36 bits per heavy atom. The number of anilines is 1. The van der Waals surface area contributed by atoms with Crippen molar-refractivity contribution in [3.8, 4) is 0 Å². The summed E-state index contributed by atoms with van der Waals surface area (Å²) in [4.78, 5) is 11.7. The summed E-state index contributed by atoms with van der Waals surface area (Å²) in [7, 11) is 0. The van der Waals surface area contributed by atoms with Gasteiger partial charge in [0.2, 0.25) is 0 Å². The Morgan fingerprint density at radius 2 is 1.72 bits per heavy atom. The van der Waals surface area contributed by atoms with Crippen molar-refractivity contribution >= 4 is 35.6 Å². The highest BCUT2D eigenvalue weighted by Gasteiger charge is 2.21. The van der Waals surface area contributed by atoms with Gasteiger partial charge < -0.3 is 20.3 Å². The Labute approximate surface area is 168 Å². The number of benzene rings is 1. The van der Waals surface area contributed by atoms with Crippen LogP contribution in [0.3, 0.4) is 0 Å². The Hall–Kier alpha value is -1.06. The Kier molecular flexibility index (Phi) is 8.25. The number of hydrogen-bond donors (Lipinski definition) is 1. The zero-order valence-electron chi connectivity index (χ0n) is 15.0. The van der Waals surface area contributed by atoms with Crippen LogP contribution in [-0.4, -0.2) is 80.8 Å². The molecule has 140 valence electrons. The summed E-state index contributed by atoms with van der Waals surface area (Å²) in [5, 5.41) is 0. The normalized spacial score (nSPS) is 20.9. The first kappa shape index (κ1) is 20.3. The van der Waals surface area contributed by atoms with Crippen LogP contribution in [0.15, 0.2) is 35.3 Å². The molecule has 3 rings (SSSR count). The van der Waals surface area contributed by atoms with Crippen LogP contribution in [0.4, 0.5) is 5.69 Å². The summed E-state index contributed by atoms with van der Waals surface area (Å²) in [6, 6.07) is 11.1. The lowest BCUT2D eigenvalue weighted by Crippen LogP contribution is -2.51. The van der Waals surface area contributed by atoms with Crippen molar-refractivity contribution in [2.24, 2.45) is 10.7 Å². The molecular formula is C18H30IN5O. The minimum Gasteiger partial charge on any atom is -0.378 e. The van der Waals surface area contributed by atoms with E-state index in [1.54, 1.807) is 0 Å². The molecule has 1 unspecified atom stereocenters. The van der Waals surface area contributed by atoms with Crippen molar-refractivity contribution in [2.75, 3.05) is 63.9 Å². The van der Waals surface area contributed by atoms with Gasteiger partial charge in [-0.1, -0.05) is 18.2 Å². The predicted molar refractivity (Wildman–Crippen MR) is 114 cm³/mol. The van der Waals surface area contributed by atoms with Crippen LogP contribution in [0.1, 0.15) is 6.92 Å². The number of ether oxygens (including phenoxy) is 1. The maximum Gasteiger partial charge on any atom is 0.191 e. The topological polar surface area (TPSA) is 57.3 Å². The van der Waals surface area contributed by atoms with E-state index in [1.807, 2.05) is 0 Å². The smallest absolute Gasteiger partial charge is 0.191 e. The van der Waals surface area contributed by atoms with Crippen molar-refractivity contribution in [2.45, 2.75) is 13.0 Å². The quantitative estimate of drug-likeness (QED) is 0.420. The molecule has 0 spiro atoms. The van der Waals surface area contributed by atoms with Gasteiger partial charge in [0.1, 0.15) is 0 Å². The molecule has 6 nitrogen and oxygen atoms in total. The number of morpholine rings is 1. The number of hydrogen-bond acceptors (Lipinski definition) is 4. The summed E-state index contributed by atoms with van der Waals surface area (Å²) < 4.78 is 5.35. The van der Waals surface area contributed by atoms with Gasteiger partial charge in [0, 0.05) is 51.0 Å². The molecule has 2 N–H and O–H groups in total. The summed E-state index contributed by atoms with van der Waals surface area (Å²) in [5.41, 5.74) is 7.44. The molecule has 25 heavy (non-hydrogen) atoms. The number of nitrogens with zero attached hydrogens (tertiary/aromatic N) is 4. The van der Waals surface area contributed by atoms with Crippen molar-refractivity contribution in [3.05, 3.63) is 30.3 Å². The third kappa shape index (κ3) is 5.72. The summed E-state index contributed by atoms with van der Waals surface area (Å²) in [5.74, 6) is 0.660. The van der Waals surface area contributed by atoms with Crippen molar-refractivity contribution < 1.29 is 4.74 Å². The summed E-state index contributed by atoms with van der Waals surface area (Å²) in [6.45, 7) is 10.5. The van der Waals surface area contributed by atoms with Gasteiger partial charge in [0.05, 0.1) is 19.8 Å². The highest BCUT2D eigenvalue weighted by molar-refractivity contribution is 14.0. The average Bonchev–Trinajstić information content (AvgIpc) is 2.67. The average molecular weight is 459 g/mol. The van der Waals surface area contributed by atoms with Crippen LogP contribution in [0.5, 0.6) is 0 Å². The molecule has 0 amide bonds. The fourth-order valence-corrected chi connectivity index (χ4v) is 3.29. The fraction of sp³-hybridized carbons (Fsp3) is 0.611. The van der Waals surface area contributed by atoms with Gasteiger partial charge in [-0.15, -0.1) is 24.0 Å². The van der Waals surface area contributed by atoms with Gasteiger partial charge in [-0.3, -0.25) is 9.89 Å². The Balaban J connectivity index is 0.00000225. The van der Waals surface area contributed by atoms with E-state index < -0.39 is 0 Å². The lowest BCUT2D eigenvalue weighted by molar-refractivity contribution is 0.0673. The number of halogens is 1. The van der Waals surface area contributed by atoms with Gasteiger partial charge in [-0.05, 0) is 19.1 Å². The molecule has 2 aliphatic rings. The number of guanidine groups is 1. The third-order valence-electron chi connectivity index (χ3n) is 4.91. The number of piperazine rings is 1. The molecule has 2 fully saturated rings. The van der Waals surface area contributed by atoms with Gasteiger partial charge in [0.15, 0.2) is 5.96 Å². The van der Waals surface area contributed by atoms with Crippen molar-refractivity contribution in [1.82, 2.24) is 9.80 Å². The zero-order chi connectivity index (χ0) is 16.8. The molecule has 0 radical (unpaired) electrons. The van der Waals surface area contributed by atoms with Crippen LogP contribution in [0.2, 0.25) is 0 Å². The molecule has 2 aliphatic heterocycles. The molecule has 0 aliphatic carbocycles. The Bertz CT molecular complexity index is 528. The van der Waals surface area contributed by atoms with Crippen LogP contribution >= 0.6 is 24.0 Å². The van der Waals surface area contributed by atoms with Crippen molar-refractivity contribution in [1.29, 1.82) is 0 Å². The second-order valence-corrected chi connectivity index (χ2v) is 6.51. The number of nitrogens with two attached hydrogens (primary N) is 1. The van der Waals surface area contributed by atoms with Gasteiger partial charge in [0.25, 0.3) is 0 Å². The molecule has 1 aromatic rings. The van der Waals surface area contributed by atoms with E-state index >= 15 is 0 Å². The minimum atomic E-state index is 0. The predicted octanol–water partition coefficient (Wildman–Crippen LogP) is 1.46. The molecule has 1 aromatic carbocycles. The lowest BCUT2D eigenvalue weighted by Gasteiger charge is -2.38. The SMILES string of the molecule is CC(CN=C(N)N1CCOCC1)N1CCN(c2ccccc2)CC1.I. The van der Waals surface area contributed by atoms with E-state index in [-0.39, 0.29) is 24.0 Å². The number of aliphatic imine (C=N–C) groups is 1. The van der Waals surface area contributed by atoms with Gasteiger partial charge in [-0.25, -0.2) is 0 Å². The highest BCUT2D eigenvalue weighted by Crippen LogP contribution is 2.16. The largest absolute Gasteiger partial charge is 0.378 e. The fourth-order valence-electron chi connectivity index (χ4n) is 3.29. The zero-order valence-corrected chi connectivity index (χ0v) is 17.3. The maximum absolute atomic E-state index is 6.12. The molecule has 0 aromatic heterocycles. The molecule has 2 heterocycles. The summed E-state index contributed by atoms with van der Waals surface area (Å²) >= 11 is 0. The van der Waals surface area contributed by atoms with Crippen LogP contribution < -0.4 is 10.6 Å². The first-order valence-corrected chi connectivity index (χ1v) is 8.90. The van der Waals surface area contributed by atoms with Gasteiger partial charge in [-0.2, -0.15) is 0 Å². The van der Waals surface area contributed by atoms with Crippen molar-refractivity contribution in [3.63, 3.8) is 0 Å². The van der Waals surface area contributed by atoms with Crippen LogP contribution in [0.25, 0.3) is 0 Å². The molecule has 1 atom stereocenters. The molecule has 0 saturated carbocycles. The van der Waals surface area contributed by atoms with E-state index in [1.165, 1.54) is 5.69 Å². The second kappa shape index (κ2) is 10.2. The highest BCUT2D eigenvalue weighted by atomic mass is 127. The minimum absolute atomic E-state index is 0. The first-order valence-electron chi connectivity index (χ1n) is 8.90. The van der Waals surface area contributed by atoms with E-state index in [2.05, 4.69) is 56.9 Å². The second-order valence-electron chi connectivity index (χ2n) is 6.51. The summed E-state index contributed by atoms with van der Waals surface area (Å²) in [6.07, 6.45) is 0. The van der Waals surface area contributed by atoms with Gasteiger partial charge >= 0.3 is 0 Å². The van der Waals surface area contributed by atoms with E-state index in [4.69, 9.17) is 10.5 Å². The first-order chi connectivity index (χ1) is 11.7.